The number of nitrogens with one attached hydrogen (secondary N) is 1. The minimum atomic E-state index is 0. The molecule has 0 aliphatic heterocycles. The van der Waals surface area contributed by atoms with Crippen molar-refractivity contribution < 1.29 is 0 Å². The van der Waals surface area contributed by atoms with Crippen LogP contribution in [0.25, 0.3) is 0 Å². The van der Waals surface area contributed by atoms with E-state index in [0.29, 0.717) is 5.54 Å². The first kappa shape index (κ1) is 51.1. The summed E-state index contributed by atoms with van der Waals surface area (Å²) in [6, 6.07) is 0. The number of hydrogen-bond donors (Lipinski definition) is 1. The fourth-order valence-electron chi connectivity index (χ4n) is 7.93. The number of hydrogen-bond acceptors (Lipinski definition) is 1. The molecule has 0 rings (SSSR count). The third-order valence-electron chi connectivity index (χ3n) is 11.3. The third-order valence-corrected chi connectivity index (χ3v) is 11.3. The SMILES string of the molecule is CCCCCCCCCCCCCC(CCCCCCCCC)(CCCCCCCCCCCCC)NCCCCCCCCCC.[Na]. The van der Waals surface area contributed by atoms with Gasteiger partial charge in [0.15, 0.2) is 0 Å². The van der Waals surface area contributed by atoms with Gasteiger partial charge in [-0.15, -0.1) is 0 Å². The summed E-state index contributed by atoms with van der Waals surface area (Å²) in [4.78, 5) is 0. The summed E-state index contributed by atoms with van der Waals surface area (Å²) in [5.41, 5.74) is 0.420. The molecule has 0 aliphatic rings. The molecule has 1 radical (unpaired) electrons. The molecule has 0 unspecified atom stereocenters. The van der Waals surface area contributed by atoms with Crippen LogP contribution in [-0.2, 0) is 0 Å². The Bertz CT molecular complexity index is 522. The van der Waals surface area contributed by atoms with Crippen molar-refractivity contribution >= 4 is 29.6 Å². The molecule has 0 amide bonds. The van der Waals surface area contributed by atoms with Gasteiger partial charge in [-0.25, -0.2) is 0 Å². The van der Waals surface area contributed by atoms with E-state index in [4.69, 9.17) is 0 Å². The Morgan fingerprint density at radius 3 is 0.667 bits per heavy atom. The van der Waals surface area contributed by atoms with Gasteiger partial charge in [0.2, 0.25) is 0 Å². The molecule has 0 atom stereocenters. The Morgan fingerprint density at radius 2 is 0.438 bits per heavy atom. The van der Waals surface area contributed by atoms with E-state index in [9.17, 15) is 0 Å². The van der Waals surface area contributed by atoms with Gasteiger partial charge < -0.3 is 5.32 Å². The Morgan fingerprint density at radius 1 is 0.250 bits per heavy atom. The normalized spacial score (nSPS) is 11.8. The maximum absolute atomic E-state index is 4.33. The van der Waals surface area contributed by atoms with Crippen LogP contribution in [0.5, 0.6) is 0 Å². The molecule has 0 saturated carbocycles. The Hall–Kier alpha value is 0.960. The zero-order valence-corrected chi connectivity index (χ0v) is 37.0. The molecule has 1 N–H and O–H groups in total. The first-order valence-corrected chi connectivity index (χ1v) is 23.0. The second-order valence-electron chi connectivity index (χ2n) is 16.1. The smallest absolute Gasteiger partial charge is 0.0181 e. The number of rotatable bonds is 42. The van der Waals surface area contributed by atoms with Crippen LogP contribution in [0.3, 0.4) is 0 Å². The van der Waals surface area contributed by atoms with E-state index >= 15 is 0 Å². The zero-order valence-electron chi connectivity index (χ0n) is 35.0. The van der Waals surface area contributed by atoms with Crippen LogP contribution in [-0.4, -0.2) is 41.6 Å². The maximum atomic E-state index is 4.33. The molecule has 1 nitrogen and oxygen atoms in total. The first-order valence-electron chi connectivity index (χ1n) is 23.0. The summed E-state index contributed by atoms with van der Waals surface area (Å²) >= 11 is 0. The molecule has 48 heavy (non-hydrogen) atoms. The summed E-state index contributed by atoms with van der Waals surface area (Å²) in [7, 11) is 0. The average molecular weight is 685 g/mol. The van der Waals surface area contributed by atoms with Crippen LogP contribution in [0, 0.1) is 0 Å². The molecular formula is C46H95NNa. The summed E-state index contributed by atoms with van der Waals surface area (Å²) in [5.74, 6) is 0. The minimum Gasteiger partial charge on any atom is -0.311 e. The van der Waals surface area contributed by atoms with Crippen molar-refractivity contribution in [1.29, 1.82) is 0 Å². The number of unbranched alkanes of at least 4 members (excludes halogenated alkanes) is 33. The summed E-state index contributed by atoms with van der Waals surface area (Å²) < 4.78 is 0. The van der Waals surface area contributed by atoms with Gasteiger partial charge in [0.1, 0.15) is 0 Å². The standard InChI is InChI=1S/C46H95N.Na/c1-5-9-13-17-21-24-26-28-31-35-39-43-46(42-38-34-30-20-16-12-8-4,47-45-41-37-33-23-19-15-11-7-3)44-40-36-32-29-27-25-22-18-14-10-6-2;/h47H,5-45H2,1-4H3;. The second-order valence-corrected chi connectivity index (χ2v) is 16.1. The fourth-order valence-corrected chi connectivity index (χ4v) is 7.93. The molecule has 0 aliphatic carbocycles. The maximum Gasteiger partial charge on any atom is 0.0181 e. The van der Waals surface area contributed by atoms with E-state index in [0.717, 1.165) is 0 Å². The molecule has 0 bridgehead atoms. The van der Waals surface area contributed by atoms with E-state index in [1.807, 2.05) is 0 Å². The second kappa shape index (κ2) is 44.1. The third kappa shape index (κ3) is 38.2. The van der Waals surface area contributed by atoms with Gasteiger partial charge in [-0.05, 0) is 32.2 Å². The van der Waals surface area contributed by atoms with Gasteiger partial charge >= 0.3 is 0 Å². The molecule has 0 spiro atoms. The van der Waals surface area contributed by atoms with Crippen LogP contribution in [0.2, 0.25) is 0 Å². The van der Waals surface area contributed by atoms with Crippen molar-refractivity contribution in [3.05, 3.63) is 0 Å². The van der Waals surface area contributed by atoms with Gasteiger partial charge in [0, 0.05) is 35.1 Å². The summed E-state index contributed by atoms with van der Waals surface area (Å²) in [6.07, 6.45) is 57.9. The van der Waals surface area contributed by atoms with Gasteiger partial charge in [0.05, 0.1) is 0 Å². The Balaban J connectivity index is 0. The largest absolute Gasteiger partial charge is 0.311 e. The van der Waals surface area contributed by atoms with E-state index < -0.39 is 0 Å². The molecule has 0 saturated heterocycles. The Kier molecular flexibility index (Phi) is 46.9. The average Bonchev–Trinajstić information content (AvgIpc) is 3.08. The quantitative estimate of drug-likeness (QED) is 0.0498. The van der Waals surface area contributed by atoms with Crippen molar-refractivity contribution in [2.45, 2.75) is 290 Å². The van der Waals surface area contributed by atoms with Crippen molar-refractivity contribution in [2.75, 3.05) is 6.54 Å². The summed E-state index contributed by atoms with van der Waals surface area (Å²) in [6.45, 7) is 10.6. The molecule has 285 valence electrons. The minimum absolute atomic E-state index is 0. The van der Waals surface area contributed by atoms with Crippen LogP contribution in [0.4, 0.5) is 0 Å². The monoisotopic (exact) mass is 685 g/mol. The molecule has 0 aromatic carbocycles. The van der Waals surface area contributed by atoms with Crippen LogP contribution < -0.4 is 5.32 Å². The van der Waals surface area contributed by atoms with Crippen molar-refractivity contribution in [1.82, 2.24) is 5.32 Å². The fraction of sp³-hybridized carbons (Fsp3) is 1.00. The molecule has 0 aromatic heterocycles. The predicted molar refractivity (Wildman–Crippen MR) is 224 cm³/mol. The van der Waals surface area contributed by atoms with Gasteiger partial charge in [-0.3, -0.25) is 0 Å². The van der Waals surface area contributed by atoms with E-state index in [-0.39, 0.29) is 29.6 Å². The van der Waals surface area contributed by atoms with E-state index in [1.54, 1.807) is 0 Å². The molecular weight excluding hydrogens is 590 g/mol. The van der Waals surface area contributed by atoms with Crippen LogP contribution in [0.1, 0.15) is 285 Å². The molecule has 0 heterocycles. The van der Waals surface area contributed by atoms with E-state index in [1.165, 1.54) is 263 Å². The molecule has 0 fully saturated rings. The topological polar surface area (TPSA) is 12.0 Å². The molecule has 0 aromatic rings. The van der Waals surface area contributed by atoms with Crippen molar-refractivity contribution in [2.24, 2.45) is 0 Å². The van der Waals surface area contributed by atoms with Gasteiger partial charge in [-0.1, -0.05) is 259 Å². The van der Waals surface area contributed by atoms with Gasteiger partial charge in [-0.2, -0.15) is 0 Å². The van der Waals surface area contributed by atoms with E-state index in [2.05, 4.69) is 33.0 Å². The Labute approximate surface area is 329 Å². The predicted octanol–water partition coefficient (Wildman–Crippen LogP) is 16.6. The summed E-state index contributed by atoms with van der Waals surface area (Å²) in [5, 5.41) is 4.33. The zero-order chi connectivity index (χ0) is 34.2. The van der Waals surface area contributed by atoms with Gasteiger partial charge in [0.25, 0.3) is 0 Å². The van der Waals surface area contributed by atoms with Crippen LogP contribution >= 0.6 is 0 Å². The van der Waals surface area contributed by atoms with Crippen LogP contribution in [0.15, 0.2) is 0 Å². The van der Waals surface area contributed by atoms with Crippen molar-refractivity contribution in [3.63, 3.8) is 0 Å². The molecule has 2 heteroatoms. The first-order chi connectivity index (χ1) is 23.2. The van der Waals surface area contributed by atoms with Crippen molar-refractivity contribution in [3.8, 4) is 0 Å².